The highest BCUT2D eigenvalue weighted by molar-refractivity contribution is 7.16. The molecule has 1 aromatic carbocycles. The molecule has 0 bridgehead atoms. The Kier molecular flexibility index (Phi) is 3.64. The van der Waals surface area contributed by atoms with Crippen LogP contribution in [0.4, 0.5) is 5.00 Å². The average Bonchev–Trinajstić information content (AvgIpc) is 2.66. The molecule has 4 heteroatoms. The van der Waals surface area contributed by atoms with Crippen LogP contribution >= 0.6 is 11.3 Å². The molecule has 2 aromatic rings. The SMILES string of the molecule is CCCOc1ccc(-c2nc(C)sc2N)cc1. The van der Waals surface area contributed by atoms with E-state index in [9.17, 15) is 0 Å². The van der Waals surface area contributed by atoms with Gasteiger partial charge in [0.15, 0.2) is 0 Å². The van der Waals surface area contributed by atoms with Crippen molar-refractivity contribution in [3.05, 3.63) is 29.3 Å². The summed E-state index contributed by atoms with van der Waals surface area (Å²) in [6, 6.07) is 7.91. The minimum atomic E-state index is 0.747. The van der Waals surface area contributed by atoms with Gasteiger partial charge in [-0.3, -0.25) is 0 Å². The van der Waals surface area contributed by atoms with E-state index in [1.54, 1.807) is 0 Å². The Hall–Kier alpha value is -1.55. The molecule has 0 saturated carbocycles. The lowest BCUT2D eigenvalue weighted by molar-refractivity contribution is 0.317. The lowest BCUT2D eigenvalue weighted by Gasteiger charge is -2.05. The third kappa shape index (κ3) is 2.77. The van der Waals surface area contributed by atoms with Crippen molar-refractivity contribution < 1.29 is 4.74 Å². The first-order valence-corrected chi connectivity index (χ1v) is 6.48. The van der Waals surface area contributed by atoms with E-state index in [1.165, 1.54) is 11.3 Å². The summed E-state index contributed by atoms with van der Waals surface area (Å²) < 4.78 is 5.53. The minimum absolute atomic E-state index is 0.747. The Bertz CT molecular complexity index is 491. The van der Waals surface area contributed by atoms with E-state index in [2.05, 4.69) is 11.9 Å². The summed E-state index contributed by atoms with van der Waals surface area (Å²) in [7, 11) is 0. The second kappa shape index (κ2) is 5.19. The number of hydrogen-bond acceptors (Lipinski definition) is 4. The van der Waals surface area contributed by atoms with Crippen LogP contribution in [0.15, 0.2) is 24.3 Å². The highest BCUT2D eigenvalue weighted by Crippen LogP contribution is 2.31. The van der Waals surface area contributed by atoms with E-state index in [-0.39, 0.29) is 0 Å². The Morgan fingerprint density at radius 3 is 2.53 bits per heavy atom. The zero-order chi connectivity index (χ0) is 12.3. The van der Waals surface area contributed by atoms with Gasteiger partial charge in [-0.25, -0.2) is 4.98 Å². The quantitative estimate of drug-likeness (QED) is 0.901. The molecule has 0 aliphatic heterocycles. The fourth-order valence-corrected chi connectivity index (χ4v) is 2.29. The van der Waals surface area contributed by atoms with E-state index in [0.717, 1.165) is 40.0 Å². The number of nitrogen functional groups attached to an aromatic ring is 1. The molecule has 0 spiro atoms. The van der Waals surface area contributed by atoms with Crippen molar-refractivity contribution in [3.8, 4) is 17.0 Å². The maximum absolute atomic E-state index is 5.92. The molecule has 0 amide bonds. The highest BCUT2D eigenvalue weighted by atomic mass is 32.1. The lowest BCUT2D eigenvalue weighted by Crippen LogP contribution is -1.94. The summed E-state index contributed by atoms with van der Waals surface area (Å²) in [4.78, 5) is 4.42. The predicted octanol–water partition coefficient (Wildman–Crippen LogP) is 3.49. The Morgan fingerprint density at radius 1 is 1.29 bits per heavy atom. The number of thiazole rings is 1. The van der Waals surface area contributed by atoms with Crippen molar-refractivity contribution in [2.75, 3.05) is 12.3 Å². The van der Waals surface area contributed by atoms with Crippen molar-refractivity contribution in [2.24, 2.45) is 0 Å². The minimum Gasteiger partial charge on any atom is -0.494 e. The molecule has 1 aromatic heterocycles. The lowest BCUT2D eigenvalue weighted by atomic mass is 10.1. The summed E-state index contributed by atoms with van der Waals surface area (Å²) in [5, 5.41) is 1.76. The summed E-state index contributed by atoms with van der Waals surface area (Å²) >= 11 is 1.52. The van der Waals surface area contributed by atoms with E-state index in [0.29, 0.717) is 0 Å². The summed E-state index contributed by atoms with van der Waals surface area (Å²) in [6.45, 7) is 4.80. The molecule has 0 radical (unpaired) electrons. The number of nitrogens with two attached hydrogens (primary N) is 1. The molecule has 17 heavy (non-hydrogen) atoms. The van der Waals surface area contributed by atoms with Crippen LogP contribution in [0, 0.1) is 6.92 Å². The van der Waals surface area contributed by atoms with Gasteiger partial charge in [0.05, 0.1) is 11.6 Å². The monoisotopic (exact) mass is 248 g/mol. The standard InChI is InChI=1S/C13H16N2OS/c1-3-8-16-11-6-4-10(5-7-11)12-13(14)17-9(2)15-12/h4-7H,3,8,14H2,1-2H3. The molecule has 0 saturated heterocycles. The summed E-state index contributed by atoms with van der Waals surface area (Å²) in [5.74, 6) is 0.890. The average molecular weight is 248 g/mol. The zero-order valence-corrected chi connectivity index (χ0v) is 10.9. The van der Waals surface area contributed by atoms with Crippen molar-refractivity contribution >= 4 is 16.3 Å². The second-order valence-electron chi connectivity index (χ2n) is 3.82. The van der Waals surface area contributed by atoms with Crippen LogP contribution in [0.2, 0.25) is 0 Å². The molecule has 0 unspecified atom stereocenters. The molecule has 3 nitrogen and oxygen atoms in total. The molecule has 0 fully saturated rings. The molecule has 90 valence electrons. The highest BCUT2D eigenvalue weighted by Gasteiger charge is 2.08. The molecule has 2 rings (SSSR count). The van der Waals surface area contributed by atoms with Gasteiger partial charge in [0.1, 0.15) is 16.4 Å². The number of benzene rings is 1. The van der Waals surface area contributed by atoms with Crippen LogP contribution in [-0.2, 0) is 0 Å². The third-order valence-electron chi connectivity index (χ3n) is 2.36. The van der Waals surface area contributed by atoms with E-state index in [4.69, 9.17) is 10.5 Å². The Labute approximate surface area is 105 Å². The normalized spacial score (nSPS) is 10.5. The molecular formula is C13H16N2OS. The number of hydrogen-bond donors (Lipinski definition) is 1. The van der Waals surface area contributed by atoms with Gasteiger partial charge < -0.3 is 10.5 Å². The fourth-order valence-electron chi connectivity index (χ4n) is 1.58. The number of aryl methyl sites for hydroxylation is 1. The summed E-state index contributed by atoms with van der Waals surface area (Å²) in [6.07, 6.45) is 1.01. The number of ether oxygens (including phenoxy) is 1. The first kappa shape index (κ1) is 11.9. The molecular weight excluding hydrogens is 232 g/mol. The maximum atomic E-state index is 5.92. The molecule has 0 atom stereocenters. The Morgan fingerprint density at radius 2 is 2.00 bits per heavy atom. The third-order valence-corrected chi connectivity index (χ3v) is 3.16. The van der Waals surface area contributed by atoms with E-state index >= 15 is 0 Å². The summed E-state index contributed by atoms with van der Waals surface area (Å²) in [5.41, 5.74) is 7.82. The first-order chi connectivity index (χ1) is 8.20. The van der Waals surface area contributed by atoms with Crippen LogP contribution in [0.5, 0.6) is 5.75 Å². The topological polar surface area (TPSA) is 48.1 Å². The van der Waals surface area contributed by atoms with Gasteiger partial charge in [0, 0.05) is 5.56 Å². The van der Waals surface area contributed by atoms with Crippen molar-refractivity contribution in [1.82, 2.24) is 4.98 Å². The van der Waals surface area contributed by atoms with Gasteiger partial charge in [-0.1, -0.05) is 6.92 Å². The smallest absolute Gasteiger partial charge is 0.119 e. The van der Waals surface area contributed by atoms with Gasteiger partial charge in [0.2, 0.25) is 0 Å². The molecule has 0 aliphatic carbocycles. The van der Waals surface area contributed by atoms with Gasteiger partial charge in [-0.05, 0) is 37.6 Å². The van der Waals surface area contributed by atoms with Gasteiger partial charge >= 0.3 is 0 Å². The zero-order valence-electron chi connectivity index (χ0n) is 10.1. The van der Waals surface area contributed by atoms with Gasteiger partial charge in [-0.15, -0.1) is 11.3 Å². The molecule has 1 heterocycles. The van der Waals surface area contributed by atoms with Gasteiger partial charge in [-0.2, -0.15) is 0 Å². The van der Waals surface area contributed by atoms with Crippen LogP contribution in [0.1, 0.15) is 18.4 Å². The number of aromatic nitrogens is 1. The van der Waals surface area contributed by atoms with E-state index < -0.39 is 0 Å². The maximum Gasteiger partial charge on any atom is 0.119 e. The largest absolute Gasteiger partial charge is 0.494 e. The second-order valence-corrected chi connectivity index (χ2v) is 5.05. The predicted molar refractivity (Wildman–Crippen MR) is 72.5 cm³/mol. The number of nitrogens with zero attached hydrogens (tertiary/aromatic N) is 1. The van der Waals surface area contributed by atoms with Crippen LogP contribution in [-0.4, -0.2) is 11.6 Å². The molecule has 0 aliphatic rings. The Balaban J connectivity index is 2.20. The van der Waals surface area contributed by atoms with Crippen LogP contribution in [0.25, 0.3) is 11.3 Å². The number of anilines is 1. The van der Waals surface area contributed by atoms with Crippen molar-refractivity contribution in [3.63, 3.8) is 0 Å². The van der Waals surface area contributed by atoms with E-state index in [1.807, 2.05) is 31.2 Å². The van der Waals surface area contributed by atoms with Crippen LogP contribution in [0.3, 0.4) is 0 Å². The van der Waals surface area contributed by atoms with Gasteiger partial charge in [0.25, 0.3) is 0 Å². The first-order valence-electron chi connectivity index (χ1n) is 5.67. The van der Waals surface area contributed by atoms with Crippen LogP contribution < -0.4 is 10.5 Å². The van der Waals surface area contributed by atoms with Crippen molar-refractivity contribution in [1.29, 1.82) is 0 Å². The molecule has 2 N–H and O–H groups in total. The van der Waals surface area contributed by atoms with Crippen molar-refractivity contribution in [2.45, 2.75) is 20.3 Å². The fraction of sp³-hybridized carbons (Fsp3) is 0.308. The number of rotatable bonds is 4.